The first kappa shape index (κ1) is 20.8. The highest BCUT2D eigenvalue weighted by Gasteiger charge is 2.15. The molecule has 156 valence electrons. The molecule has 0 saturated carbocycles. The Hall–Kier alpha value is -4.50. The van der Waals surface area contributed by atoms with Crippen molar-refractivity contribution in [1.82, 2.24) is 14.8 Å². The Morgan fingerprint density at radius 3 is 2.56 bits per heavy atom. The number of aryl methyl sites for hydroxylation is 1. The maximum absolute atomic E-state index is 12.7. The first-order valence-corrected chi connectivity index (χ1v) is 10.1. The molecule has 32 heavy (non-hydrogen) atoms. The van der Waals surface area contributed by atoms with Crippen LogP contribution in [0, 0.1) is 18.3 Å². The minimum atomic E-state index is -0.468. The number of nitriles is 1. The fraction of sp³-hybridized carbons (Fsp3) is 0.0769. The van der Waals surface area contributed by atoms with E-state index in [4.69, 9.17) is 5.10 Å². The molecule has 2 aromatic carbocycles. The zero-order valence-electron chi connectivity index (χ0n) is 17.6. The number of carbonyl (C=O) groups excluding carboxylic acids is 1. The molecule has 0 bridgehead atoms. The third kappa shape index (κ3) is 4.97. The Balaban J connectivity index is 1.68. The van der Waals surface area contributed by atoms with Crippen LogP contribution in [0.4, 0.5) is 5.69 Å². The van der Waals surface area contributed by atoms with E-state index in [-0.39, 0.29) is 5.57 Å². The van der Waals surface area contributed by atoms with Crippen molar-refractivity contribution >= 4 is 17.7 Å². The molecule has 0 aliphatic heterocycles. The summed E-state index contributed by atoms with van der Waals surface area (Å²) in [6.45, 7) is 2.54. The van der Waals surface area contributed by atoms with Crippen LogP contribution >= 0.6 is 0 Å². The Kier molecular flexibility index (Phi) is 6.19. The van der Waals surface area contributed by atoms with Gasteiger partial charge in [0.2, 0.25) is 0 Å². The first-order chi connectivity index (χ1) is 15.6. The van der Waals surface area contributed by atoms with Crippen LogP contribution in [0.5, 0.6) is 0 Å². The third-order valence-corrected chi connectivity index (χ3v) is 4.89. The molecule has 1 amide bonds. The topological polar surface area (TPSA) is 83.6 Å². The molecule has 2 heterocycles. The minimum absolute atomic E-state index is 0.00465. The number of hydrogen-bond acceptors (Lipinski definition) is 4. The molecule has 4 rings (SSSR count). The molecule has 0 radical (unpaired) electrons. The van der Waals surface area contributed by atoms with Gasteiger partial charge >= 0.3 is 0 Å². The monoisotopic (exact) mass is 419 g/mol. The van der Waals surface area contributed by atoms with Crippen molar-refractivity contribution in [3.63, 3.8) is 0 Å². The van der Waals surface area contributed by atoms with Gasteiger partial charge in [-0.3, -0.25) is 14.5 Å². The van der Waals surface area contributed by atoms with Gasteiger partial charge in [0.1, 0.15) is 17.3 Å². The van der Waals surface area contributed by atoms with Crippen molar-refractivity contribution in [2.45, 2.75) is 13.5 Å². The van der Waals surface area contributed by atoms with Crippen LogP contribution in [0.1, 0.15) is 16.7 Å². The number of benzene rings is 2. The Labute approximate surface area is 186 Å². The van der Waals surface area contributed by atoms with Gasteiger partial charge in [0.25, 0.3) is 5.91 Å². The van der Waals surface area contributed by atoms with E-state index in [9.17, 15) is 10.1 Å². The summed E-state index contributed by atoms with van der Waals surface area (Å²) in [6.07, 6.45) is 6.81. The first-order valence-electron chi connectivity index (χ1n) is 10.1. The van der Waals surface area contributed by atoms with Gasteiger partial charge in [-0.15, -0.1) is 0 Å². The highest BCUT2D eigenvalue weighted by molar-refractivity contribution is 6.10. The molecular weight excluding hydrogens is 398 g/mol. The summed E-state index contributed by atoms with van der Waals surface area (Å²) >= 11 is 0. The Bertz CT molecular complexity index is 1280. The second kappa shape index (κ2) is 9.54. The number of nitrogens with one attached hydrogen (secondary N) is 1. The summed E-state index contributed by atoms with van der Waals surface area (Å²) < 4.78 is 1.80. The molecule has 0 aliphatic rings. The van der Waals surface area contributed by atoms with Gasteiger partial charge in [-0.2, -0.15) is 10.4 Å². The molecule has 0 unspecified atom stereocenters. The van der Waals surface area contributed by atoms with E-state index < -0.39 is 5.91 Å². The van der Waals surface area contributed by atoms with Crippen LogP contribution in [0.15, 0.2) is 90.9 Å². The van der Waals surface area contributed by atoms with E-state index in [0.717, 1.165) is 16.7 Å². The summed E-state index contributed by atoms with van der Waals surface area (Å²) in [6, 6.07) is 23.1. The number of amides is 1. The predicted molar refractivity (Wildman–Crippen MR) is 124 cm³/mol. The van der Waals surface area contributed by atoms with Crippen molar-refractivity contribution in [2.24, 2.45) is 0 Å². The van der Waals surface area contributed by atoms with Crippen LogP contribution in [0.2, 0.25) is 0 Å². The molecule has 0 atom stereocenters. The SMILES string of the molecule is Cc1ccc(NC(=O)/C(C#N)=C/c2cn(Cc3ccccc3)nc2-c2cccnc2)cc1. The van der Waals surface area contributed by atoms with Crippen molar-refractivity contribution in [3.8, 4) is 17.3 Å². The lowest BCUT2D eigenvalue weighted by Gasteiger charge is -2.04. The Morgan fingerprint density at radius 1 is 1.09 bits per heavy atom. The molecule has 1 N–H and O–H groups in total. The van der Waals surface area contributed by atoms with Crippen molar-refractivity contribution in [3.05, 3.63) is 108 Å². The van der Waals surface area contributed by atoms with Gasteiger partial charge in [0.05, 0.1) is 6.54 Å². The molecule has 6 heteroatoms. The van der Waals surface area contributed by atoms with Crippen molar-refractivity contribution < 1.29 is 4.79 Å². The smallest absolute Gasteiger partial charge is 0.266 e. The highest BCUT2D eigenvalue weighted by Crippen LogP contribution is 2.24. The lowest BCUT2D eigenvalue weighted by molar-refractivity contribution is -0.112. The molecule has 0 fully saturated rings. The molecule has 6 nitrogen and oxygen atoms in total. The number of pyridine rings is 1. The number of anilines is 1. The predicted octanol–water partition coefficient (Wildman–Crippen LogP) is 4.85. The second-order valence-corrected chi connectivity index (χ2v) is 7.35. The van der Waals surface area contributed by atoms with Gasteiger partial charge in [0.15, 0.2) is 0 Å². The number of nitrogens with zero attached hydrogens (tertiary/aromatic N) is 4. The van der Waals surface area contributed by atoms with E-state index >= 15 is 0 Å². The summed E-state index contributed by atoms with van der Waals surface area (Å²) in [7, 11) is 0. The highest BCUT2D eigenvalue weighted by atomic mass is 16.1. The fourth-order valence-electron chi connectivity index (χ4n) is 3.26. The van der Waals surface area contributed by atoms with E-state index in [2.05, 4.69) is 10.3 Å². The van der Waals surface area contributed by atoms with E-state index in [1.807, 2.05) is 73.8 Å². The number of hydrogen-bond donors (Lipinski definition) is 1. The average molecular weight is 419 g/mol. The molecule has 2 aromatic heterocycles. The van der Waals surface area contributed by atoms with Crippen LogP contribution in [-0.2, 0) is 11.3 Å². The second-order valence-electron chi connectivity index (χ2n) is 7.35. The van der Waals surface area contributed by atoms with Gasteiger partial charge in [-0.05, 0) is 42.8 Å². The zero-order chi connectivity index (χ0) is 22.3. The molecule has 0 saturated heterocycles. The zero-order valence-corrected chi connectivity index (χ0v) is 17.6. The fourth-order valence-corrected chi connectivity index (χ4v) is 3.26. The molecule has 0 aliphatic carbocycles. The lowest BCUT2D eigenvalue weighted by Crippen LogP contribution is -2.13. The third-order valence-electron chi connectivity index (χ3n) is 4.89. The van der Waals surface area contributed by atoms with Crippen LogP contribution in [-0.4, -0.2) is 20.7 Å². The van der Waals surface area contributed by atoms with Crippen molar-refractivity contribution in [1.29, 1.82) is 5.26 Å². The lowest BCUT2D eigenvalue weighted by atomic mass is 10.1. The average Bonchev–Trinajstić information content (AvgIpc) is 3.22. The van der Waals surface area contributed by atoms with Gasteiger partial charge in [0, 0.05) is 35.4 Å². The van der Waals surface area contributed by atoms with Crippen LogP contribution in [0.3, 0.4) is 0 Å². The Morgan fingerprint density at radius 2 is 1.88 bits per heavy atom. The van der Waals surface area contributed by atoms with Gasteiger partial charge < -0.3 is 5.32 Å². The van der Waals surface area contributed by atoms with Gasteiger partial charge in [-0.25, -0.2) is 0 Å². The minimum Gasteiger partial charge on any atom is -0.321 e. The molecular formula is C26H21N5O. The van der Waals surface area contributed by atoms with Crippen molar-refractivity contribution in [2.75, 3.05) is 5.32 Å². The number of aromatic nitrogens is 3. The van der Waals surface area contributed by atoms with Crippen LogP contribution < -0.4 is 5.32 Å². The summed E-state index contributed by atoms with van der Waals surface area (Å²) in [5, 5.41) is 17.1. The van der Waals surface area contributed by atoms with Crippen LogP contribution in [0.25, 0.3) is 17.3 Å². The van der Waals surface area contributed by atoms with E-state index in [1.165, 1.54) is 0 Å². The molecule has 0 spiro atoms. The summed E-state index contributed by atoms with van der Waals surface area (Å²) in [5.74, 6) is -0.468. The number of carbonyl (C=O) groups is 1. The van der Waals surface area contributed by atoms with E-state index in [0.29, 0.717) is 23.5 Å². The summed E-state index contributed by atoms with van der Waals surface area (Å²) in [4.78, 5) is 16.9. The maximum Gasteiger partial charge on any atom is 0.266 e. The van der Waals surface area contributed by atoms with Gasteiger partial charge in [-0.1, -0.05) is 48.0 Å². The quantitative estimate of drug-likeness (QED) is 0.358. The largest absolute Gasteiger partial charge is 0.321 e. The standard InChI is InChI=1S/C26H21N5O/c1-19-9-11-24(12-10-19)29-26(32)22(15-27)14-23-18-31(17-20-6-3-2-4-7-20)30-25(23)21-8-5-13-28-16-21/h2-14,16,18H,17H2,1H3,(H,29,32)/b22-14+. The normalized spacial score (nSPS) is 11.1. The maximum atomic E-state index is 12.7. The summed E-state index contributed by atoms with van der Waals surface area (Å²) in [5.41, 5.74) is 4.95. The number of rotatable bonds is 6. The van der Waals surface area contributed by atoms with E-state index in [1.54, 1.807) is 35.3 Å². The molecule has 4 aromatic rings.